The van der Waals surface area contributed by atoms with Crippen LogP contribution >= 0.6 is 0 Å². The zero-order valence-corrected chi connectivity index (χ0v) is 9.73. The summed E-state index contributed by atoms with van der Waals surface area (Å²) in [5.41, 5.74) is 0. The van der Waals surface area contributed by atoms with Crippen LogP contribution in [0.2, 0.25) is 0 Å². The smallest absolute Gasteiger partial charge is 0.223 e. The fourth-order valence-electron chi connectivity index (χ4n) is 5.50. The molecule has 2 heteroatoms. The molecule has 0 saturated heterocycles. The molecule has 7 atom stereocenters. The first kappa shape index (κ1) is 9.26. The van der Waals surface area contributed by atoms with Crippen molar-refractivity contribution in [3.63, 3.8) is 0 Å². The zero-order chi connectivity index (χ0) is 10.9. The van der Waals surface area contributed by atoms with Crippen LogP contribution in [0.4, 0.5) is 0 Å². The van der Waals surface area contributed by atoms with Crippen molar-refractivity contribution in [2.24, 2.45) is 41.4 Å². The maximum absolute atomic E-state index is 11.9. The molecule has 86 valence electrons. The summed E-state index contributed by atoms with van der Waals surface area (Å²) >= 11 is 0. The first-order chi connectivity index (χ1) is 7.79. The van der Waals surface area contributed by atoms with Gasteiger partial charge >= 0.3 is 0 Å². The summed E-state index contributed by atoms with van der Waals surface area (Å²) in [5.74, 6) is 5.69. The summed E-state index contributed by atoms with van der Waals surface area (Å²) in [7, 11) is 1.78. The third-order valence-electron chi connectivity index (χ3n) is 5.85. The number of carbonyl (C=O) groups is 1. The highest BCUT2D eigenvalue weighted by molar-refractivity contribution is 5.79. The Balaban J connectivity index is 1.66. The van der Waals surface area contributed by atoms with Gasteiger partial charge in [-0.25, -0.2) is 0 Å². The van der Waals surface area contributed by atoms with Crippen molar-refractivity contribution in [1.82, 2.24) is 5.32 Å². The molecule has 0 radical (unpaired) electrons. The van der Waals surface area contributed by atoms with E-state index < -0.39 is 0 Å². The summed E-state index contributed by atoms with van der Waals surface area (Å²) in [5, 5.41) is 2.86. The van der Waals surface area contributed by atoms with Crippen LogP contribution in [0.3, 0.4) is 0 Å². The first-order valence-electron chi connectivity index (χ1n) is 6.69. The molecule has 2 nitrogen and oxygen atoms in total. The van der Waals surface area contributed by atoms with Crippen molar-refractivity contribution in [1.29, 1.82) is 0 Å². The minimum absolute atomic E-state index is 0.303. The van der Waals surface area contributed by atoms with Gasteiger partial charge in [0.1, 0.15) is 0 Å². The molecule has 16 heavy (non-hydrogen) atoms. The quantitative estimate of drug-likeness (QED) is 0.527. The maximum atomic E-state index is 11.9. The summed E-state index contributed by atoms with van der Waals surface area (Å²) in [6.07, 6.45) is 8.79. The Morgan fingerprint density at radius 2 is 1.88 bits per heavy atom. The van der Waals surface area contributed by atoms with E-state index in [1.165, 1.54) is 19.3 Å². The lowest BCUT2D eigenvalue weighted by Gasteiger charge is -2.35. The molecule has 7 unspecified atom stereocenters. The van der Waals surface area contributed by atoms with Gasteiger partial charge in [0.2, 0.25) is 5.91 Å². The molecule has 0 aromatic rings. The molecule has 4 aliphatic rings. The van der Waals surface area contributed by atoms with E-state index in [9.17, 15) is 4.79 Å². The molecule has 3 fully saturated rings. The molecule has 0 aromatic heterocycles. The molecular weight excluding hydrogens is 198 g/mol. The number of carbonyl (C=O) groups excluding carboxylic acids is 1. The van der Waals surface area contributed by atoms with Crippen LogP contribution in [0.5, 0.6) is 0 Å². The second kappa shape index (κ2) is 2.91. The van der Waals surface area contributed by atoms with Gasteiger partial charge in [-0.3, -0.25) is 4.79 Å². The van der Waals surface area contributed by atoms with E-state index >= 15 is 0 Å². The number of hydrogen-bond donors (Lipinski definition) is 1. The highest BCUT2D eigenvalue weighted by atomic mass is 16.1. The lowest BCUT2D eigenvalue weighted by atomic mass is 9.69. The van der Waals surface area contributed by atoms with Gasteiger partial charge in [0.25, 0.3) is 0 Å². The number of rotatable bonds is 1. The van der Waals surface area contributed by atoms with Gasteiger partial charge in [-0.05, 0) is 54.8 Å². The van der Waals surface area contributed by atoms with Crippen molar-refractivity contribution in [2.75, 3.05) is 7.05 Å². The van der Waals surface area contributed by atoms with Crippen LogP contribution < -0.4 is 5.32 Å². The monoisotopic (exact) mass is 217 g/mol. The molecule has 0 heterocycles. The molecule has 4 rings (SSSR count). The number of hydrogen-bond acceptors (Lipinski definition) is 1. The molecule has 4 bridgehead atoms. The Bertz CT molecular complexity index is 375. The van der Waals surface area contributed by atoms with Crippen molar-refractivity contribution in [2.45, 2.75) is 19.3 Å². The van der Waals surface area contributed by atoms with Crippen molar-refractivity contribution in [3.05, 3.63) is 12.2 Å². The summed E-state index contributed by atoms with van der Waals surface area (Å²) in [6, 6.07) is 0. The number of fused-ring (bicyclic) bond motifs is 9. The van der Waals surface area contributed by atoms with E-state index in [-0.39, 0.29) is 0 Å². The van der Waals surface area contributed by atoms with Crippen LogP contribution in [0.1, 0.15) is 19.3 Å². The van der Waals surface area contributed by atoms with Crippen LogP contribution in [-0.4, -0.2) is 13.0 Å². The maximum Gasteiger partial charge on any atom is 0.223 e. The standard InChI is InChI=1S/C14H19NO/c1-15-14(16)11-6-9-5-10(11)13-8-3-2-7(4-8)12(9)13/h2-3,7-13H,4-6H2,1H3,(H,15,16). The predicted molar refractivity (Wildman–Crippen MR) is 61.5 cm³/mol. The van der Waals surface area contributed by atoms with E-state index in [0.29, 0.717) is 17.7 Å². The van der Waals surface area contributed by atoms with Gasteiger partial charge in [0.05, 0.1) is 0 Å². The van der Waals surface area contributed by atoms with Crippen molar-refractivity contribution >= 4 is 5.91 Å². The second-order valence-electron chi connectivity index (χ2n) is 6.22. The van der Waals surface area contributed by atoms with Crippen LogP contribution in [0.15, 0.2) is 12.2 Å². The third kappa shape index (κ3) is 0.922. The number of allylic oxidation sites excluding steroid dienone is 2. The fourth-order valence-corrected chi connectivity index (χ4v) is 5.50. The molecule has 0 spiro atoms. The van der Waals surface area contributed by atoms with E-state index in [2.05, 4.69) is 17.5 Å². The average Bonchev–Trinajstić information content (AvgIpc) is 3.03. The summed E-state index contributed by atoms with van der Waals surface area (Å²) in [6.45, 7) is 0. The molecule has 3 saturated carbocycles. The highest BCUT2D eigenvalue weighted by Gasteiger charge is 2.61. The van der Waals surface area contributed by atoms with Crippen molar-refractivity contribution in [3.8, 4) is 0 Å². The number of nitrogens with one attached hydrogen (secondary N) is 1. The lowest BCUT2D eigenvalue weighted by molar-refractivity contribution is -0.127. The Kier molecular flexibility index (Phi) is 1.68. The largest absolute Gasteiger partial charge is 0.359 e. The summed E-state index contributed by atoms with van der Waals surface area (Å²) in [4.78, 5) is 11.9. The Hall–Kier alpha value is -0.790. The SMILES string of the molecule is CNC(=O)C1CC2CC1C1C3C=CC(C3)C21. The van der Waals surface area contributed by atoms with Crippen LogP contribution in [0.25, 0.3) is 0 Å². The molecule has 1 amide bonds. The second-order valence-corrected chi connectivity index (χ2v) is 6.22. The Morgan fingerprint density at radius 3 is 2.62 bits per heavy atom. The zero-order valence-electron chi connectivity index (χ0n) is 9.73. The predicted octanol–water partition coefficient (Wildman–Crippen LogP) is 1.83. The molecule has 4 aliphatic carbocycles. The first-order valence-corrected chi connectivity index (χ1v) is 6.69. The number of amides is 1. The molecule has 1 N–H and O–H groups in total. The van der Waals surface area contributed by atoms with Gasteiger partial charge in [0, 0.05) is 13.0 Å². The molecule has 0 aromatic carbocycles. The van der Waals surface area contributed by atoms with Gasteiger partial charge in [-0.2, -0.15) is 0 Å². The fraction of sp³-hybridized carbons (Fsp3) is 0.786. The van der Waals surface area contributed by atoms with E-state index in [1.807, 2.05) is 0 Å². The minimum Gasteiger partial charge on any atom is -0.359 e. The van der Waals surface area contributed by atoms with E-state index in [4.69, 9.17) is 0 Å². The lowest BCUT2D eigenvalue weighted by Crippen LogP contribution is -2.38. The average molecular weight is 217 g/mol. The summed E-state index contributed by atoms with van der Waals surface area (Å²) < 4.78 is 0. The Morgan fingerprint density at radius 1 is 1.12 bits per heavy atom. The van der Waals surface area contributed by atoms with Gasteiger partial charge in [-0.1, -0.05) is 12.2 Å². The van der Waals surface area contributed by atoms with Gasteiger partial charge < -0.3 is 5.32 Å². The highest BCUT2D eigenvalue weighted by Crippen LogP contribution is 2.66. The van der Waals surface area contributed by atoms with Crippen molar-refractivity contribution < 1.29 is 4.79 Å². The van der Waals surface area contributed by atoms with Gasteiger partial charge in [0.15, 0.2) is 0 Å². The third-order valence-corrected chi connectivity index (χ3v) is 5.85. The van der Waals surface area contributed by atoms with E-state index in [1.54, 1.807) is 7.05 Å². The Labute approximate surface area is 96.5 Å². The normalized spacial score (nSPS) is 55.7. The van der Waals surface area contributed by atoms with Crippen LogP contribution in [0, 0.1) is 41.4 Å². The van der Waals surface area contributed by atoms with Gasteiger partial charge in [-0.15, -0.1) is 0 Å². The molecular formula is C14H19NO. The molecule has 0 aliphatic heterocycles. The minimum atomic E-state index is 0.303. The van der Waals surface area contributed by atoms with Crippen LogP contribution in [-0.2, 0) is 4.79 Å². The van der Waals surface area contributed by atoms with E-state index in [0.717, 1.165) is 29.6 Å². The topological polar surface area (TPSA) is 29.1 Å².